The molecule has 5 heteroatoms. The van der Waals surface area contributed by atoms with Crippen LogP contribution in [-0.4, -0.2) is 30.8 Å². The topological polar surface area (TPSA) is 70.6 Å². The van der Waals surface area contributed by atoms with E-state index in [2.05, 4.69) is 10.6 Å². The van der Waals surface area contributed by atoms with E-state index in [9.17, 15) is 9.90 Å². The summed E-state index contributed by atoms with van der Waals surface area (Å²) in [7, 11) is 1.59. The van der Waals surface area contributed by atoms with Crippen molar-refractivity contribution in [2.75, 3.05) is 13.7 Å². The molecule has 3 N–H and O–H groups in total. The standard InChI is InChI=1S/C13H18N2O3/c1-18-11-6-2-9(3-7-11)12(16)8-14-13(17)15-10-4-5-10/h2-3,6-7,10,12,16H,4-5,8H2,1H3,(H2,14,15,17). The minimum absolute atomic E-state index is 0.199. The van der Waals surface area contributed by atoms with Crippen molar-refractivity contribution in [1.29, 1.82) is 0 Å². The highest BCUT2D eigenvalue weighted by Crippen LogP contribution is 2.19. The van der Waals surface area contributed by atoms with Crippen molar-refractivity contribution in [3.63, 3.8) is 0 Å². The lowest BCUT2D eigenvalue weighted by molar-refractivity contribution is 0.173. The number of carbonyl (C=O) groups excluding carboxylic acids is 1. The first-order valence-electron chi connectivity index (χ1n) is 6.05. The van der Waals surface area contributed by atoms with Crippen LogP contribution in [-0.2, 0) is 0 Å². The first-order valence-corrected chi connectivity index (χ1v) is 6.05. The second-order valence-electron chi connectivity index (χ2n) is 4.42. The molecule has 1 unspecified atom stereocenters. The second kappa shape index (κ2) is 5.73. The highest BCUT2D eigenvalue weighted by Gasteiger charge is 2.23. The molecule has 1 aliphatic carbocycles. The van der Waals surface area contributed by atoms with Gasteiger partial charge in [0.05, 0.1) is 13.2 Å². The minimum atomic E-state index is -0.708. The van der Waals surface area contributed by atoms with E-state index in [1.807, 2.05) is 0 Å². The Labute approximate surface area is 106 Å². The van der Waals surface area contributed by atoms with Crippen molar-refractivity contribution in [1.82, 2.24) is 10.6 Å². The fourth-order valence-electron chi connectivity index (χ4n) is 1.60. The van der Waals surface area contributed by atoms with Crippen LogP contribution in [0.1, 0.15) is 24.5 Å². The maximum atomic E-state index is 11.4. The number of rotatable bonds is 5. The van der Waals surface area contributed by atoms with Crippen LogP contribution in [0.4, 0.5) is 4.79 Å². The van der Waals surface area contributed by atoms with Crippen molar-refractivity contribution >= 4 is 6.03 Å². The molecule has 0 radical (unpaired) electrons. The molecular weight excluding hydrogens is 232 g/mol. The van der Waals surface area contributed by atoms with Gasteiger partial charge in [-0.15, -0.1) is 0 Å². The molecule has 1 saturated carbocycles. The summed E-state index contributed by atoms with van der Waals surface area (Å²) in [5.41, 5.74) is 0.752. The zero-order valence-corrected chi connectivity index (χ0v) is 10.3. The zero-order chi connectivity index (χ0) is 13.0. The number of urea groups is 1. The number of hydrogen-bond donors (Lipinski definition) is 3. The van der Waals surface area contributed by atoms with Crippen LogP contribution in [0.15, 0.2) is 24.3 Å². The van der Waals surface area contributed by atoms with Gasteiger partial charge in [-0.3, -0.25) is 0 Å². The number of ether oxygens (including phenoxy) is 1. The van der Waals surface area contributed by atoms with Crippen LogP contribution < -0.4 is 15.4 Å². The molecule has 98 valence electrons. The third-order valence-corrected chi connectivity index (χ3v) is 2.87. The van der Waals surface area contributed by atoms with Crippen LogP contribution in [0.25, 0.3) is 0 Å². The summed E-state index contributed by atoms with van der Waals surface area (Å²) < 4.78 is 5.04. The molecule has 5 nitrogen and oxygen atoms in total. The molecule has 0 spiro atoms. The van der Waals surface area contributed by atoms with Gasteiger partial charge in [-0.2, -0.15) is 0 Å². The van der Waals surface area contributed by atoms with Gasteiger partial charge >= 0.3 is 6.03 Å². The Hall–Kier alpha value is -1.75. The average molecular weight is 250 g/mol. The number of carbonyl (C=O) groups is 1. The van der Waals surface area contributed by atoms with E-state index in [0.29, 0.717) is 6.04 Å². The summed E-state index contributed by atoms with van der Waals surface area (Å²) in [6.45, 7) is 0.199. The number of amides is 2. The summed E-state index contributed by atoms with van der Waals surface area (Å²) in [6, 6.07) is 7.23. The first-order chi connectivity index (χ1) is 8.69. The number of benzene rings is 1. The third-order valence-electron chi connectivity index (χ3n) is 2.87. The van der Waals surface area contributed by atoms with Gasteiger partial charge in [0.25, 0.3) is 0 Å². The Morgan fingerprint density at radius 1 is 1.44 bits per heavy atom. The van der Waals surface area contributed by atoms with E-state index < -0.39 is 6.10 Å². The lowest BCUT2D eigenvalue weighted by atomic mass is 10.1. The second-order valence-corrected chi connectivity index (χ2v) is 4.42. The fraction of sp³-hybridized carbons (Fsp3) is 0.462. The molecule has 2 rings (SSSR count). The molecule has 1 aromatic rings. The summed E-state index contributed by atoms with van der Waals surface area (Å²) in [4.78, 5) is 11.4. The van der Waals surface area contributed by atoms with Crippen LogP contribution in [0.5, 0.6) is 5.75 Å². The monoisotopic (exact) mass is 250 g/mol. The van der Waals surface area contributed by atoms with Crippen LogP contribution in [0.3, 0.4) is 0 Å². The number of aliphatic hydroxyl groups is 1. The van der Waals surface area contributed by atoms with Gasteiger partial charge < -0.3 is 20.5 Å². The Kier molecular flexibility index (Phi) is 4.04. The average Bonchev–Trinajstić information content (AvgIpc) is 3.20. The van der Waals surface area contributed by atoms with E-state index in [4.69, 9.17) is 4.74 Å². The highest BCUT2D eigenvalue weighted by molar-refractivity contribution is 5.74. The first kappa shape index (κ1) is 12.7. The Morgan fingerprint density at radius 3 is 2.67 bits per heavy atom. The predicted molar refractivity (Wildman–Crippen MR) is 67.5 cm³/mol. The van der Waals surface area contributed by atoms with Gasteiger partial charge in [0.15, 0.2) is 0 Å². The van der Waals surface area contributed by atoms with Crippen molar-refractivity contribution in [2.45, 2.75) is 25.0 Å². The van der Waals surface area contributed by atoms with E-state index in [1.165, 1.54) is 0 Å². The molecule has 0 saturated heterocycles. The van der Waals surface area contributed by atoms with Crippen molar-refractivity contribution in [2.24, 2.45) is 0 Å². The molecule has 1 aromatic carbocycles. The smallest absolute Gasteiger partial charge is 0.315 e. The SMILES string of the molecule is COc1ccc(C(O)CNC(=O)NC2CC2)cc1. The zero-order valence-electron chi connectivity index (χ0n) is 10.3. The number of aliphatic hydroxyl groups excluding tert-OH is 1. The summed E-state index contributed by atoms with van der Waals surface area (Å²) in [5.74, 6) is 0.741. The largest absolute Gasteiger partial charge is 0.497 e. The minimum Gasteiger partial charge on any atom is -0.497 e. The third kappa shape index (κ3) is 3.63. The maximum Gasteiger partial charge on any atom is 0.315 e. The Balaban J connectivity index is 1.78. The molecular formula is C13H18N2O3. The highest BCUT2D eigenvalue weighted by atomic mass is 16.5. The van der Waals surface area contributed by atoms with Gasteiger partial charge in [0.1, 0.15) is 5.75 Å². The fourth-order valence-corrected chi connectivity index (χ4v) is 1.60. The maximum absolute atomic E-state index is 11.4. The molecule has 1 atom stereocenters. The number of nitrogens with one attached hydrogen (secondary N) is 2. The molecule has 2 amide bonds. The van der Waals surface area contributed by atoms with Crippen molar-refractivity contribution in [3.05, 3.63) is 29.8 Å². The van der Waals surface area contributed by atoms with Crippen LogP contribution in [0, 0.1) is 0 Å². The van der Waals surface area contributed by atoms with Crippen LogP contribution in [0.2, 0.25) is 0 Å². The lowest BCUT2D eigenvalue weighted by Crippen LogP contribution is -2.38. The summed E-state index contributed by atoms with van der Waals surface area (Å²) in [6.07, 6.45) is 1.39. The van der Waals surface area contributed by atoms with E-state index in [-0.39, 0.29) is 12.6 Å². The van der Waals surface area contributed by atoms with E-state index >= 15 is 0 Å². The predicted octanol–water partition coefficient (Wildman–Crippen LogP) is 1.19. The molecule has 1 fully saturated rings. The Bertz CT molecular complexity index is 401. The van der Waals surface area contributed by atoms with Gasteiger partial charge in [-0.05, 0) is 30.5 Å². The number of hydrogen-bond acceptors (Lipinski definition) is 3. The molecule has 0 aliphatic heterocycles. The summed E-state index contributed by atoms with van der Waals surface area (Å²) in [5, 5.41) is 15.3. The van der Waals surface area contributed by atoms with Crippen molar-refractivity contribution < 1.29 is 14.6 Å². The van der Waals surface area contributed by atoms with E-state index in [1.54, 1.807) is 31.4 Å². The molecule has 18 heavy (non-hydrogen) atoms. The van der Waals surface area contributed by atoms with Crippen LogP contribution >= 0.6 is 0 Å². The number of methoxy groups -OCH3 is 1. The normalized spacial score (nSPS) is 15.9. The van der Waals surface area contributed by atoms with E-state index in [0.717, 1.165) is 24.2 Å². The molecule has 0 bridgehead atoms. The molecule has 0 aromatic heterocycles. The van der Waals surface area contributed by atoms with Gasteiger partial charge in [0.2, 0.25) is 0 Å². The lowest BCUT2D eigenvalue weighted by Gasteiger charge is -2.13. The van der Waals surface area contributed by atoms with Gasteiger partial charge in [-0.25, -0.2) is 4.79 Å². The Morgan fingerprint density at radius 2 is 2.11 bits per heavy atom. The molecule has 0 heterocycles. The summed E-state index contributed by atoms with van der Waals surface area (Å²) >= 11 is 0. The quantitative estimate of drug-likeness (QED) is 0.735. The molecule has 1 aliphatic rings. The van der Waals surface area contributed by atoms with Gasteiger partial charge in [-0.1, -0.05) is 12.1 Å². The van der Waals surface area contributed by atoms with Crippen molar-refractivity contribution in [3.8, 4) is 5.75 Å². The van der Waals surface area contributed by atoms with Gasteiger partial charge in [0, 0.05) is 12.6 Å².